The minimum absolute atomic E-state index is 0. The van der Waals surface area contributed by atoms with Crippen LogP contribution in [0.3, 0.4) is 0 Å². The smallest absolute Gasteiger partial charge is 0.324 e. The van der Waals surface area contributed by atoms with Crippen LogP contribution in [0.15, 0.2) is 61.2 Å². The van der Waals surface area contributed by atoms with E-state index >= 15 is 0 Å². The Morgan fingerprint density at radius 1 is 0.649 bits per heavy atom. The molecule has 4 amide bonds. The van der Waals surface area contributed by atoms with Crippen molar-refractivity contribution in [1.29, 1.82) is 0 Å². The zero-order valence-corrected chi connectivity index (χ0v) is 43.0. The van der Waals surface area contributed by atoms with Gasteiger partial charge in [-0.1, -0.05) is 7.43 Å². The summed E-state index contributed by atoms with van der Waals surface area (Å²) >= 11 is 0. The van der Waals surface area contributed by atoms with Gasteiger partial charge in [-0.2, -0.15) is 5.10 Å². The van der Waals surface area contributed by atoms with Crippen molar-refractivity contribution in [3.63, 3.8) is 0 Å². The number of pyridine rings is 2. The van der Waals surface area contributed by atoms with Gasteiger partial charge in [-0.25, -0.2) is 56.3 Å². The van der Waals surface area contributed by atoms with E-state index in [2.05, 4.69) is 60.0 Å². The van der Waals surface area contributed by atoms with E-state index in [4.69, 9.17) is 24.7 Å². The molecule has 5 aromatic rings. The third kappa shape index (κ3) is 10.5. The first-order chi connectivity index (χ1) is 35.1. The van der Waals surface area contributed by atoms with Gasteiger partial charge in [-0.15, -0.1) is 0 Å². The van der Waals surface area contributed by atoms with Gasteiger partial charge in [0.2, 0.25) is 0 Å². The minimum Gasteiger partial charge on any atom is -0.377 e. The van der Waals surface area contributed by atoms with Crippen LogP contribution in [0.25, 0.3) is 22.8 Å². The van der Waals surface area contributed by atoms with Crippen molar-refractivity contribution in [3.8, 4) is 22.8 Å². The molecule has 74 heavy (non-hydrogen) atoms. The van der Waals surface area contributed by atoms with Crippen LogP contribution >= 0.6 is 0 Å². The van der Waals surface area contributed by atoms with Gasteiger partial charge in [-0.05, 0) is 122 Å². The third-order valence-electron chi connectivity index (χ3n) is 14.9. The van der Waals surface area contributed by atoms with E-state index in [0.29, 0.717) is 109 Å². The first kappa shape index (κ1) is 51.2. The Balaban J connectivity index is 0.000000168. The Hall–Kier alpha value is -6.33. The van der Waals surface area contributed by atoms with Gasteiger partial charge in [0, 0.05) is 74.1 Å². The summed E-state index contributed by atoms with van der Waals surface area (Å²) in [6.45, 7) is 7.00. The molecule has 23 heteroatoms. The number of sulfone groups is 2. The van der Waals surface area contributed by atoms with E-state index in [1.807, 2.05) is 12.1 Å². The zero-order valence-electron chi connectivity index (χ0n) is 41.3. The molecule has 5 saturated carbocycles. The average molecular weight is 1050 g/mol. The molecule has 5 aliphatic carbocycles. The van der Waals surface area contributed by atoms with E-state index in [0.717, 1.165) is 63.7 Å². The van der Waals surface area contributed by atoms with E-state index in [1.54, 1.807) is 60.8 Å². The highest BCUT2D eigenvalue weighted by atomic mass is 32.2. The van der Waals surface area contributed by atoms with Gasteiger partial charge in [-0.3, -0.25) is 15.3 Å². The van der Waals surface area contributed by atoms with Crippen LogP contribution in [-0.2, 0) is 41.0 Å². The number of hydrogen-bond donors (Lipinski definition) is 4. The van der Waals surface area contributed by atoms with Gasteiger partial charge in [0.1, 0.15) is 32.8 Å². The molecule has 12 rings (SSSR count). The molecule has 5 aromatic heterocycles. The summed E-state index contributed by atoms with van der Waals surface area (Å²) in [6, 6.07) is 10.8. The van der Waals surface area contributed by atoms with Crippen molar-refractivity contribution >= 4 is 60.7 Å². The van der Waals surface area contributed by atoms with E-state index < -0.39 is 35.2 Å². The summed E-state index contributed by atoms with van der Waals surface area (Å²) in [6.07, 6.45) is 17.2. The van der Waals surface area contributed by atoms with Crippen LogP contribution < -0.4 is 31.1 Å². The molecule has 4 N–H and O–H groups in total. The third-order valence-corrected chi connectivity index (χ3v) is 21.1. The SMILES string of the molecule is C.CC1CCCCN1c1cc(C2(S(=O)(=O)C3CC3)CC2)nc(-c2ccc(NC(=O)Nc3cnn(C)c3)nc2)n1.CC1COCCN1c1cc(C2(S(=O)(=O)C3CC3)CC2)nc(-c2ccc(NC(=O)NC3CC3)nc2)n1. The molecule has 7 heterocycles. The number of ether oxygens (including phenoxy) is 1. The predicted octanol–water partition coefficient (Wildman–Crippen LogP) is 7.11. The maximum Gasteiger partial charge on any atom is 0.324 e. The van der Waals surface area contributed by atoms with Crippen molar-refractivity contribution in [2.75, 3.05) is 52.1 Å². The highest BCUT2D eigenvalue weighted by Gasteiger charge is 2.63. The Morgan fingerprint density at radius 3 is 1.64 bits per heavy atom. The molecular formula is C51H66N14O7S2. The molecule has 7 fully saturated rings. The van der Waals surface area contributed by atoms with E-state index in [9.17, 15) is 26.4 Å². The summed E-state index contributed by atoms with van der Waals surface area (Å²) in [5.41, 5.74) is 3.08. The number of carbonyl (C=O) groups excluding carboxylic acids is 2. The first-order valence-corrected chi connectivity index (χ1v) is 28.6. The second-order valence-corrected chi connectivity index (χ2v) is 25.8. The summed E-state index contributed by atoms with van der Waals surface area (Å²) in [5, 5.41) is 14.6. The molecule has 2 saturated heterocycles. The fourth-order valence-corrected chi connectivity index (χ4v) is 14.8. The van der Waals surface area contributed by atoms with Crippen molar-refractivity contribution in [2.45, 2.75) is 143 Å². The summed E-state index contributed by atoms with van der Waals surface area (Å²) < 4.78 is 58.9. The number of aromatic nitrogens is 8. The Morgan fingerprint density at radius 2 is 1.19 bits per heavy atom. The lowest BCUT2D eigenvalue weighted by Gasteiger charge is -2.35. The number of urea groups is 2. The Labute approximate surface area is 432 Å². The number of rotatable bonds is 14. The second-order valence-electron chi connectivity index (χ2n) is 20.7. The second kappa shape index (κ2) is 20.1. The molecule has 2 atom stereocenters. The Bertz CT molecular complexity index is 3120. The molecule has 0 aromatic carbocycles. The zero-order chi connectivity index (χ0) is 50.7. The topological polar surface area (TPSA) is 261 Å². The number of anilines is 5. The molecular weight excluding hydrogens is 985 g/mol. The molecule has 2 aliphatic heterocycles. The van der Waals surface area contributed by atoms with Gasteiger partial charge < -0.3 is 25.2 Å². The van der Waals surface area contributed by atoms with E-state index in [-0.39, 0.29) is 36.0 Å². The lowest BCUT2D eigenvalue weighted by atomic mass is 10.0. The fourth-order valence-electron chi connectivity index (χ4n) is 9.92. The first-order valence-electron chi connectivity index (χ1n) is 25.5. The van der Waals surface area contributed by atoms with Crippen molar-refractivity contribution in [1.82, 2.24) is 45.0 Å². The number of carbonyl (C=O) groups is 2. The van der Waals surface area contributed by atoms with Crippen molar-refractivity contribution in [3.05, 3.63) is 72.6 Å². The fraction of sp³-hybridized carbons (Fsp3) is 0.549. The van der Waals surface area contributed by atoms with Crippen molar-refractivity contribution < 1.29 is 31.2 Å². The molecule has 394 valence electrons. The number of nitrogens with zero attached hydrogens (tertiary/aromatic N) is 10. The maximum atomic E-state index is 13.4. The minimum atomic E-state index is -3.30. The highest BCUT2D eigenvalue weighted by Crippen LogP contribution is 2.58. The molecule has 21 nitrogen and oxygen atoms in total. The lowest BCUT2D eigenvalue weighted by Crippen LogP contribution is -2.44. The maximum absolute atomic E-state index is 13.4. The van der Waals surface area contributed by atoms with Gasteiger partial charge in [0.15, 0.2) is 31.3 Å². The van der Waals surface area contributed by atoms with Crippen LogP contribution in [0.4, 0.5) is 38.5 Å². The number of piperidine rings is 1. The number of amides is 4. The summed E-state index contributed by atoms with van der Waals surface area (Å²) in [5.74, 6) is 3.17. The highest BCUT2D eigenvalue weighted by molar-refractivity contribution is 7.93. The summed E-state index contributed by atoms with van der Waals surface area (Å²) in [4.78, 5) is 56.8. The monoisotopic (exact) mass is 1050 g/mol. The normalized spacial score (nSPS) is 21.8. The van der Waals surface area contributed by atoms with Crippen molar-refractivity contribution in [2.24, 2.45) is 7.05 Å². The molecule has 7 aliphatic rings. The standard InChI is InChI=1S/C26H32N8O3S.C24H30N6O4S.CH4/c1-17-5-3-4-12-34(17)23-13-21(26(10-11-26)38(36,37)20-7-8-20)30-24(32-23)18-6-9-22(27-14-18)31-25(35)29-19-15-28-33(2)16-19;1-15-14-34-11-10-30(15)21-12-19(24(8-9-24)35(32,33)18-5-6-18)27-22(29-21)16-2-7-20(25-13-16)28-23(31)26-17-3-4-17;/h6,9,13-17,20H,3-5,7-8,10-12H2,1-2H3,(H2,27,29,31,35);2,7,12-13,15,17-18H,3-6,8-11,14H2,1H3,(H2,25,26,28,31);1H4. The van der Waals surface area contributed by atoms with Crippen LogP contribution in [0.1, 0.15) is 116 Å². The van der Waals surface area contributed by atoms with Crippen LogP contribution in [0.5, 0.6) is 0 Å². The van der Waals surface area contributed by atoms with E-state index in [1.165, 1.54) is 6.42 Å². The molecule has 0 spiro atoms. The largest absolute Gasteiger partial charge is 0.377 e. The van der Waals surface area contributed by atoms with Crippen LogP contribution in [0.2, 0.25) is 0 Å². The predicted molar refractivity (Wildman–Crippen MR) is 282 cm³/mol. The average Bonchev–Trinajstić information content (AvgIpc) is 4.16. The molecule has 2 unspecified atom stereocenters. The number of hydrogen-bond acceptors (Lipinski definition) is 16. The van der Waals surface area contributed by atoms with Gasteiger partial charge in [0.05, 0.1) is 53.0 Å². The lowest BCUT2D eigenvalue weighted by molar-refractivity contribution is 0.0985. The summed E-state index contributed by atoms with van der Waals surface area (Å²) in [7, 11) is -4.82. The Kier molecular flexibility index (Phi) is 13.9. The van der Waals surface area contributed by atoms with Crippen LogP contribution in [0, 0.1) is 0 Å². The number of aryl methyl sites for hydroxylation is 1. The van der Waals surface area contributed by atoms with Gasteiger partial charge in [0.25, 0.3) is 0 Å². The van der Waals surface area contributed by atoms with Gasteiger partial charge >= 0.3 is 12.1 Å². The number of morpholine rings is 1. The van der Waals surface area contributed by atoms with Crippen LogP contribution in [-0.4, -0.2) is 124 Å². The molecule has 0 bridgehead atoms. The quantitative estimate of drug-likeness (QED) is 0.0863. The number of nitrogens with one attached hydrogen (secondary N) is 4. The molecule has 0 radical (unpaired) electrons.